The van der Waals surface area contributed by atoms with Gasteiger partial charge in [-0.1, -0.05) is 120 Å². The molecule has 9 nitrogen and oxygen atoms in total. The zero-order valence-corrected chi connectivity index (χ0v) is 32.7. The molecule has 0 fully saturated rings. The van der Waals surface area contributed by atoms with Gasteiger partial charge in [-0.05, 0) is 57.8 Å². The van der Waals surface area contributed by atoms with Crippen molar-refractivity contribution >= 4 is 17.9 Å². The van der Waals surface area contributed by atoms with Gasteiger partial charge in [0, 0.05) is 12.8 Å². The van der Waals surface area contributed by atoms with Gasteiger partial charge in [0.2, 0.25) is 0 Å². The number of nitrogens with zero attached hydrogens (tertiary/aromatic N) is 1. The molecule has 0 aromatic carbocycles. The highest BCUT2D eigenvalue weighted by Crippen LogP contribution is 2.11. The largest absolute Gasteiger partial charge is 0.545 e. The third-order valence-corrected chi connectivity index (χ3v) is 7.78. The maximum Gasteiger partial charge on any atom is 0.306 e. The standard InChI is InChI=1S/C42H71NO8/c1-6-8-10-12-14-15-16-17-18-19-20-21-22-23-24-25-27-29-31-33-40(45)51-38(36-49-39(44)32-30-28-26-13-11-9-7-2)37-50-42(41(46)47)48-35-34-43(3,4)5/h8,10,14-15,17-18,20-21,23-24,38,42H,6-7,9,11-13,16,19,22,25-37H2,1-5H3/b10-8-,15-14-,18-17-,21-20-,24-23-. The lowest BCUT2D eigenvalue weighted by molar-refractivity contribution is -0.870. The minimum absolute atomic E-state index is 0.139. The Morgan fingerprint density at radius 1 is 0.608 bits per heavy atom. The molecule has 2 atom stereocenters. The summed E-state index contributed by atoms with van der Waals surface area (Å²) in [7, 11) is 5.87. The first-order valence-corrected chi connectivity index (χ1v) is 19.4. The molecule has 0 aliphatic rings. The lowest BCUT2D eigenvalue weighted by Crippen LogP contribution is -2.44. The van der Waals surface area contributed by atoms with Gasteiger partial charge in [0.15, 0.2) is 12.4 Å². The molecule has 292 valence electrons. The minimum Gasteiger partial charge on any atom is -0.545 e. The van der Waals surface area contributed by atoms with E-state index in [2.05, 4.69) is 74.6 Å². The zero-order chi connectivity index (χ0) is 37.8. The third kappa shape index (κ3) is 35.2. The highest BCUT2D eigenvalue weighted by Gasteiger charge is 2.21. The molecule has 0 rings (SSSR count). The summed E-state index contributed by atoms with van der Waals surface area (Å²) in [6.45, 7) is 4.50. The first-order chi connectivity index (χ1) is 24.6. The van der Waals surface area contributed by atoms with Crippen LogP contribution in [0.15, 0.2) is 60.8 Å². The van der Waals surface area contributed by atoms with Crippen LogP contribution in [0, 0.1) is 0 Å². The minimum atomic E-state index is -1.63. The fourth-order valence-corrected chi connectivity index (χ4v) is 4.73. The number of hydrogen-bond acceptors (Lipinski definition) is 8. The van der Waals surface area contributed by atoms with Crippen molar-refractivity contribution in [1.29, 1.82) is 0 Å². The molecule has 0 spiro atoms. The molecule has 9 heteroatoms. The van der Waals surface area contributed by atoms with Gasteiger partial charge in [-0.15, -0.1) is 0 Å². The number of carbonyl (C=O) groups is 3. The van der Waals surface area contributed by atoms with Crippen LogP contribution >= 0.6 is 0 Å². The smallest absolute Gasteiger partial charge is 0.306 e. The van der Waals surface area contributed by atoms with E-state index in [-0.39, 0.29) is 38.6 Å². The van der Waals surface area contributed by atoms with Crippen LogP contribution in [0.2, 0.25) is 0 Å². The van der Waals surface area contributed by atoms with Gasteiger partial charge in [0.1, 0.15) is 13.2 Å². The van der Waals surface area contributed by atoms with Gasteiger partial charge in [-0.3, -0.25) is 9.59 Å². The number of ether oxygens (including phenoxy) is 4. The second kappa shape index (κ2) is 34.1. The Labute approximate surface area is 310 Å². The van der Waals surface area contributed by atoms with Crippen LogP contribution in [0.4, 0.5) is 0 Å². The fourth-order valence-electron chi connectivity index (χ4n) is 4.73. The molecule has 0 aliphatic heterocycles. The van der Waals surface area contributed by atoms with Crippen molar-refractivity contribution in [2.24, 2.45) is 0 Å². The molecule has 2 unspecified atom stereocenters. The molecule has 0 radical (unpaired) electrons. The fraction of sp³-hybridized carbons (Fsp3) is 0.690. The number of hydrogen-bond donors (Lipinski definition) is 0. The summed E-state index contributed by atoms with van der Waals surface area (Å²) in [6, 6.07) is 0. The Balaban J connectivity index is 4.53. The lowest BCUT2D eigenvalue weighted by Gasteiger charge is -2.26. The number of rotatable bonds is 34. The number of unbranched alkanes of at least 4 members (excludes halogenated alkanes) is 9. The summed E-state index contributed by atoms with van der Waals surface area (Å²) < 4.78 is 22.3. The maximum absolute atomic E-state index is 12.6. The number of quaternary nitrogens is 1. The van der Waals surface area contributed by atoms with Crippen molar-refractivity contribution in [3.63, 3.8) is 0 Å². The van der Waals surface area contributed by atoms with Gasteiger partial charge in [-0.25, -0.2) is 0 Å². The average molecular weight is 718 g/mol. The molecule has 0 bridgehead atoms. The number of carboxylic acids is 1. The number of likely N-dealkylation sites (N-methyl/N-ethyl adjacent to an activating group) is 1. The summed E-state index contributed by atoms with van der Waals surface area (Å²) in [6.07, 6.45) is 35.6. The van der Waals surface area contributed by atoms with Crippen LogP contribution < -0.4 is 5.11 Å². The highest BCUT2D eigenvalue weighted by molar-refractivity contribution is 5.70. The first-order valence-electron chi connectivity index (χ1n) is 19.4. The van der Waals surface area contributed by atoms with Gasteiger partial charge < -0.3 is 33.3 Å². The molecule has 0 aromatic heterocycles. The van der Waals surface area contributed by atoms with E-state index in [0.717, 1.165) is 77.0 Å². The van der Waals surface area contributed by atoms with Crippen molar-refractivity contribution in [1.82, 2.24) is 0 Å². The van der Waals surface area contributed by atoms with Crippen molar-refractivity contribution in [3.05, 3.63) is 60.8 Å². The monoisotopic (exact) mass is 718 g/mol. The van der Waals surface area contributed by atoms with Crippen LogP contribution in [0.25, 0.3) is 0 Å². The van der Waals surface area contributed by atoms with Crippen molar-refractivity contribution < 1.29 is 42.9 Å². The average Bonchev–Trinajstić information content (AvgIpc) is 3.08. The second-order valence-corrected chi connectivity index (χ2v) is 13.8. The molecule has 0 saturated carbocycles. The van der Waals surface area contributed by atoms with Gasteiger partial charge in [0.25, 0.3) is 0 Å². The molecule has 0 saturated heterocycles. The summed E-state index contributed by atoms with van der Waals surface area (Å²) in [4.78, 5) is 36.6. The number of esters is 2. The second-order valence-electron chi connectivity index (χ2n) is 13.8. The van der Waals surface area contributed by atoms with E-state index < -0.39 is 24.3 Å². The predicted molar refractivity (Wildman–Crippen MR) is 205 cm³/mol. The van der Waals surface area contributed by atoms with E-state index in [0.29, 0.717) is 17.4 Å². The third-order valence-electron chi connectivity index (χ3n) is 7.78. The Bertz CT molecular complexity index is 1020. The van der Waals surface area contributed by atoms with Crippen LogP contribution in [0.1, 0.15) is 129 Å². The van der Waals surface area contributed by atoms with Crippen LogP contribution in [0.5, 0.6) is 0 Å². The van der Waals surface area contributed by atoms with E-state index in [1.165, 1.54) is 19.3 Å². The van der Waals surface area contributed by atoms with E-state index in [4.69, 9.17) is 18.9 Å². The number of allylic oxidation sites excluding steroid dienone is 10. The highest BCUT2D eigenvalue weighted by atomic mass is 16.7. The van der Waals surface area contributed by atoms with E-state index in [1.54, 1.807) is 0 Å². The van der Waals surface area contributed by atoms with Crippen molar-refractivity contribution in [2.75, 3.05) is 47.5 Å². The van der Waals surface area contributed by atoms with Crippen molar-refractivity contribution in [2.45, 2.75) is 142 Å². The molecular formula is C42H71NO8. The zero-order valence-electron chi connectivity index (χ0n) is 32.7. The SMILES string of the molecule is CC/C=C\C/C=C\C/C=C\C/C=C\C/C=C\CCCCCC(=O)OC(COC(=O)CCCCCCCCC)COC(OCC[N+](C)(C)C)C(=O)[O-]. The maximum atomic E-state index is 12.6. The Morgan fingerprint density at radius 3 is 1.67 bits per heavy atom. The van der Waals surface area contributed by atoms with Gasteiger partial charge in [0.05, 0.1) is 40.3 Å². The topological polar surface area (TPSA) is 111 Å². The summed E-state index contributed by atoms with van der Waals surface area (Å²) in [5.74, 6) is -2.35. The first kappa shape index (κ1) is 48.0. The summed E-state index contributed by atoms with van der Waals surface area (Å²) in [5.41, 5.74) is 0. The van der Waals surface area contributed by atoms with E-state index in [9.17, 15) is 19.5 Å². The molecule has 51 heavy (non-hydrogen) atoms. The van der Waals surface area contributed by atoms with Crippen LogP contribution in [0.3, 0.4) is 0 Å². The summed E-state index contributed by atoms with van der Waals surface area (Å²) >= 11 is 0. The lowest BCUT2D eigenvalue weighted by atomic mass is 10.1. The van der Waals surface area contributed by atoms with E-state index in [1.807, 2.05) is 21.1 Å². The van der Waals surface area contributed by atoms with E-state index >= 15 is 0 Å². The molecule has 0 aromatic rings. The number of carboxylic acid groups (broad SMARTS) is 1. The molecule has 0 N–H and O–H groups in total. The molecular weight excluding hydrogens is 646 g/mol. The number of aliphatic carboxylic acids is 1. The van der Waals surface area contributed by atoms with Gasteiger partial charge in [-0.2, -0.15) is 0 Å². The van der Waals surface area contributed by atoms with Crippen LogP contribution in [-0.2, 0) is 33.3 Å². The Morgan fingerprint density at radius 2 is 1.12 bits per heavy atom. The predicted octanol–water partition coefficient (Wildman–Crippen LogP) is 8.10. The molecule has 0 amide bonds. The Hall–Kier alpha value is -3.01. The number of carbonyl (C=O) groups excluding carboxylic acids is 3. The normalized spacial score (nSPS) is 13.7. The summed E-state index contributed by atoms with van der Waals surface area (Å²) in [5, 5.41) is 11.6. The van der Waals surface area contributed by atoms with Gasteiger partial charge >= 0.3 is 11.9 Å². The quantitative estimate of drug-likeness (QED) is 0.0216. The van der Waals surface area contributed by atoms with Crippen LogP contribution in [-0.4, -0.2) is 82.3 Å². The molecule has 0 aliphatic carbocycles. The molecule has 0 heterocycles. The Kier molecular flexibility index (Phi) is 32.1. The van der Waals surface area contributed by atoms with Crippen molar-refractivity contribution in [3.8, 4) is 0 Å².